The number of aromatic hydroxyl groups is 1. The summed E-state index contributed by atoms with van der Waals surface area (Å²) >= 11 is 0. The van der Waals surface area contributed by atoms with Gasteiger partial charge in [-0.1, -0.05) is 30.3 Å². The van der Waals surface area contributed by atoms with Crippen LogP contribution in [0.25, 0.3) is 6.08 Å². The molecule has 3 aromatic rings. The summed E-state index contributed by atoms with van der Waals surface area (Å²) in [6.07, 6.45) is 10.5. The van der Waals surface area contributed by atoms with Gasteiger partial charge in [0.1, 0.15) is 11.9 Å². The molecule has 2 bridgehead atoms. The Morgan fingerprint density at radius 3 is 2.81 bits per heavy atom. The van der Waals surface area contributed by atoms with Crippen LogP contribution in [0.2, 0.25) is 0 Å². The van der Waals surface area contributed by atoms with Gasteiger partial charge in [0.2, 0.25) is 5.91 Å². The third-order valence-electron chi connectivity index (χ3n) is 10.1. The van der Waals surface area contributed by atoms with Crippen LogP contribution in [0.5, 0.6) is 17.2 Å². The summed E-state index contributed by atoms with van der Waals surface area (Å²) in [4.78, 5) is 29.9. The summed E-state index contributed by atoms with van der Waals surface area (Å²) < 4.78 is 17.5. The van der Waals surface area contributed by atoms with Gasteiger partial charge in [0.15, 0.2) is 11.5 Å². The number of furan rings is 1. The number of rotatable bonds is 7. The molecule has 218 valence electrons. The number of amides is 1. The molecule has 42 heavy (non-hydrogen) atoms. The molecule has 1 amide bonds. The molecule has 1 saturated carbocycles. The third-order valence-corrected chi connectivity index (χ3v) is 10.1. The molecule has 1 spiro atoms. The first kappa shape index (κ1) is 26.8. The molecule has 7 rings (SSSR count). The molecule has 2 aliphatic carbocycles. The zero-order valence-electron chi connectivity index (χ0n) is 24.0. The minimum absolute atomic E-state index is 0.105. The number of carbonyl (C=O) groups is 2. The van der Waals surface area contributed by atoms with Gasteiger partial charge in [0.25, 0.3) is 0 Å². The van der Waals surface area contributed by atoms with Crippen molar-refractivity contribution >= 4 is 18.0 Å². The van der Waals surface area contributed by atoms with Gasteiger partial charge in [-0.3, -0.25) is 14.5 Å². The van der Waals surface area contributed by atoms with Crippen molar-refractivity contribution in [3.63, 3.8) is 0 Å². The third kappa shape index (κ3) is 4.23. The Bertz CT molecular complexity index is 1530. The largest absolute Gasteiger partial charge is 0.508 e. The molecular formula is C34H36N2O6. The van der Waals surface area contributed by atoms with Crippen molar-refractivity contribution in [1.82, 2.24) is 9.80 Å². The summed E-state index contributed by atoms with van der Waals surface area (Å²) in [5, 5.41) is 11.3. The van der Waals surface area contributed by atoms with Crippen molar-refractivity contribution in [2.75, 3.05) is 20.1 Å². The van der Waals surface area contributed by atoms with E-state index in [4.69, 9.17) is 13.9 Å². The number of likely N-dealkylation sites (N-methyl/N-ethyl adjacent to an activating group) is 1. The highest BCUT2D eigenvalue weighted by Crippen LogP contribution is 2.65. The van der Waals surface area contributed by atoms with Crippen molar-refractivity contribution in [3.05, 3.63) is 83.3 Å². The number of carbonyl (C=O) groups excluding carboxylic acids is 2. The first-order valence-electron chi connectivity index (χ1n) is 14.9. The summed E-state index contributed by atoms with van der Waals surface area (Å²) in [6.45, 7) is 3.20. The number of piperidine rings is 1. The molecule has 2 fully saturated rings. The maximum Gasteiger partial charge on any atom is 0.308 e. The van der Waals surface area contributed by atoms with Crippen LogP contribution < -0.4 is 9.47 Å². The Morgan fingerprint density at radius 1 is 1.21 bits per heavy atom. The molecule has 2 aliphatic heterocycles. The molecular weight excluding hydrogens is 532 g/mol. The van der Waals surface area contributed by atoms with E-state index in [0.717, 1.165) is 61.9 Å². The Kier molecular flexibility index (Phi) is 6.61. The van der Waals surface area contributed by atoms with Crippen molar-refractivity contribution in [3.8, 4) is 17.2 Å². The summed E-state index contributed by atoms with van der Waals surface area (Å²) in [5.74, 6) is 0.706. The van der Waals surface area contributed by atoms with Gasteiger partial charge in [-0.15, -0.1) is 0 Å². The molecule has 8 heteroatoms. The number of phenols is 1. The predicted octanol–water partition coefficient (Wildman–Crippen LogP) is 4.73. The predicted molar refractivity (Wildman–Crippen MR) is 156 cm³/mol. The van der Waals surface area contributed by atoms with Gasteiger partial charge >= 0.3 is 5.97 Å². The van der Waals surface area contributed by atoms with Crippen LogP contribution in [-0.2, 0) is 27.8 Å². The van der Waals surface area contributed by atoms with E-state index < -0.39 is 5.97 Å². The Morgan fingerprint density at radius 2 is 2.05 bits per heavy atom. The second kappa shape index (κ2) is 10.3. The Balaban J connectivity index is 1.25. The van der Waals surface area contributed by atoms with Crippen LogP contribution in [0.4, 0.5) is 0 Å². The molecule has 3 heterocycles. The minimum Gasteiger partial charge on any atom is -0.508 e. The molecule has 4 aliphatic rings. The molecule has 8 nitrogen and oxygen atoms in total. The van der Waals surface area contributed by atoms with Crippen LogP contribution in [0.1, 0.15) is 48.4 Å². The van der Waals surface area contributed by atoms with Crippen LogP contribution in [-0.4, -0.2) is 65.1 Å². The molecule has 2 aromatic carbocycles. The van der Waals surface area contributed by atoms with E-state index in [9.17, 15) is 14.7 Å². The van der Waals surface area contributed by atoms with Gasteiger partial charge < -0.3 is 23.9 Å². The van der Waals surface area contributed by atoms with Gasteiger partial charge in [0, 0.05) is 60.8 Å². The van der Waals surface area contributed by atoms with E-state index in [1.54, 1.807) is 29.6 Å². The number of phenolic OH excluding ortho intramolecular Hbond substituents is 1. The molecule has 0 unspecified atom stereocenters. The lowest BCUT2D eigenvalue weighted by molar-refractivity contribution is -0.135. The second-order valence-corrected chi connectivity index (χ2v) is 12.1. The van der Waals surface area contributed by atoms with E-state index in [1.807, 2.05) is 19.2 Å². The fourth-order valence-corrected chi connectivity index (χ4v) is 8.29. The number of nitrogens with zero attached hydrogens (tertiary/aromatic N) is 2. The minimum atomic E-state index is -0.462. The highest BCUT2D eigenvalue weighted by atomic mass is 16.6. The van der Waals surface area contributed by atoms with Gasteiger partial charge in [-0.25, -0.2) is 0 Å². The fraction of sp³-hybridized carbons (Fsp3) is 0.412. The number of likely N-dealkylation sites (tertiary alicyclic amines) is 1. The number of ether oxygens (including phenoxy) is 2. The van der Waals surface area contributed by atoms with Crippen molar-refractivity contribution in [2.45, 2.75) is 62.6 Å². The zero-order chi connectivity index (χ0) is 29.0. The van der Waals surface area contributed by atoms with Crippen LogP contribution in [0.15, 0.2) is 65.5 Å². The maximum atomic E-state index is 13.4. The lowest BCUT2D eigenvalue weighted by Crippen LogP contribution is -2.69. The van der Waals surface area contributed by atoms with E-state index in [2.05, 4.69) is 29.2 Å². The van der Waals surface area contributed by atoms with E-state index in [0.29, 0.717) is 11.7 Å². The van der Waals surface area contributed by atoms with Gasteiger partial charge in [0.05, 0.1) is 18.6 Å². The number of hydrogen-bond acceptors (Lipinski definition) is 7. The molecule has 0 radical (unpaired) electrons. The Labute approximate surface area is 245 Å². The highest BCUT2D eigenvalue weighted by molar-refractivity contribution is 5.92. The average molecular weight is 569 g/mol. The zero-order valence-corrected chi connectivity index (χ0v) is 24.0. The van der Waals surface area contributed by atoms with Crippen LogP contribution in [0.3, 0.4) is 0 Å². The van der Waals surface area contributed by atoms with E-state index in [1.165, 1.54) is 18.6 Å². The monoisotopic (exact) mass is 568 g/mol. The molecule has 1 saturated heterocycles. The van der Waals surface area contributed by atoms with Crippen LogP contribution >= 0.6 is 0 Å². The lowest BCUT2D eigenvalue weighted by atomic mass is 9.50. The first-order valence-corrected chi connectivity index (χ1v) is 14.9. The highest BCUT2D eigenvalue weighted by Gasteiger charge is 2.67. The normalized spacial score (nSPS) is 27.4. The fourth-order valence-electron chi connectivity index (χ4n) is 8.29. The van der Waals surface area contributed by atoms with Gasteiger partial charge in [-0.2, -0.15) is 0 Å². The van der Waals surface area contributed by atoms with E-state index >= 15 is 0 Å². The lowest BCUT2D eigenvalue weighted by Gasteiger charge is -2.60. The molecule has 1 aromatic heterocycles. The van der Waals surface area contributed by atoms with Crippen LogP contribution in [0, 0.1) is 5.92 Å². The first-order chi connectivity index (χ1) is 20.4. The quantitative estimate of drug-likeness (QED) is 0.250. The van der Waals surface area contributed by atoms with Crippen molar-refractivity contribution in [2.24, 2.45) is 5.92 Å². The molecule has 5 atom stereocenters. The average Bonchev–Trinajstić information content (AvgIpc) is 3.62. The van der Waals surface area contributed by atoms with Gasteiger partial charge in [-0.05, 0) is 62.3 Å². The number of benzene rings is 2. The van der Waals surface area contributed by atoms with Crippen molar-refractivity contribution in [1.29, 1.82) is 0 Å². The summed E-state index contributed by atoms with van der Waals surface area (Å²) in [6, 6.07) is 14.0. The maximum absolute atomic E-state index is 13.4. The number of hydrogen-bond donors (Lipinski definition) is 1. The van der Waals surface area contributed by atoms with Crippen molar-refractivity contribution < 1.29 is 28.6 Å². The topological polar surface area (TPSA) is 92.5 Å². The Hall–Kier alpha value is -4.04. The summed E-state index contributed by atoms with van der Waals surface area (Å²) in [5.41, 5.74) is 3.65. The standard InChI is InChI=1S/C34H36N2O6/c1-21(37)41-29-19-28(38)24-18-27-25-9-10-26(35(2)30(39)11-8-23-13-17-40-20-23)33-34(25,31(24)32(29)42-33)14-16-36(27)15-12-22-6-4-3-5-7-22/h3-8,11,13,17,19-20,25-27,33,38H,9-10,12,14-16,18H2,1-2H3/b11-8+/t25-,26+,27+,33+,34-/m0/s1. The summed E-state index contributed by atoms with van der Waals surface area (Å²) in [7, 11) is 1.84. The number of esters is 1. The smallest absolute Gasteiger partial charge is 0.308 e. The van der Waals surface area contributed by atoms with E-state index in [-0.39, 0.29) is 41.0 Å². The SMILES string of the molecule is CC(=O)Oc1cc(O)c2c3c1O[C@@H]1[C@H](N(C)C(=O)/C=C/c4ccoc4)CC[C@H]4[C@@H](C2)N(CCc2ccccc2)CC[C@]314. The second-order valence-electron chi connectivity index (χ2n) is 12.1. The molecule has 1 N–H and O–H groups in total.